The molecule has 1 aromatic heterocycles. The Bertz CT molecular complexity index is 1100. The van der Waals surface area contributed by atoms with Crippen LogP contribution in [0.15, 0.2) is 46.1 Å². The number of benzene rings is 2. The predicted molar refractivity (Wildman–Crippen MR) is 97.4 cm³/mol. The summed E-state index contributed by atoms with van der Waals surface area (Å²) in [6.45, 7) is 0. The number of nitrogens with one attached hydrogen (secondary N) is 1. The first-order valence-electron chi connectivity index (χ1n) is 7.20. The van der Waals surface area contributed by atoms with E-state index in [4.69, 9.17) is 9.47 Å². The molecule has 0 aliphatic rings. The van der Waals surface area contributed by atoms with Crippen LogP contribution in [0.2, 0.25) is 0 Å². The minimum atomic E-state index is -3.87. The summed E-state index contributed by atoms with van der Waals surface area (Å²) in [6, 6.07) is 9.38. The van der Waals surface area contributed by atoms with Crippen molar-refractivity contribution in [2.24, 2.45) is 7.05 Å². The van der Waals surface area contributed by atoms with Crippen LogP contribution in [0, 0.1) is 0 Å². The van der Waals surface area contributed by atoms with E-state index in [1.165, 1.54) is 37.0 Å². The zero-order valence-electron chi connectivity index (χ0n) is 13.8. The molecule has 9 heteroatoms. The quantitative estimate of drug-likeness (QED) is 0.735. The van der Waals surface area contributed by atoms with E-state index in [2.05, 4.69) is 4.72 Å². The van der Waals surface area contributed by atoms with Gasteiger partial charge in [-0.15, -0.1) is 0 Å². The summed E-state index contributed by atoms with van der Waals surface area (Å²) in [5, 5.41) is 0. The van der Waals surface area contributed by atoms with Gasteiger partial charge in [-0.1, -0.05) is 11.3 Å². The highest BCUT2D eigenvalue weighted by atomic mass is 32.2. The fourth-order valence-electron chi connectivity index (χ4n) is 2.37. The molecule has 25 heavy (non-hydrogen) atoms. The number of fused-ring (bicyclic) bond motifs is 1. The van der Waals surface area contributed by atoms with Crippen molar-refractivity contribution in [3.05, 3.63) is 46.1 Å². The van der Waals surface area contributed by atoms with Gasteiger partial charge in [-0.25, -0.2) is 8.42 Å². The zero-order chi connectivity index (χ0) is 18.2. The first-order valence-corrected chi connectivity index (χ1v) is 9.50. The molecule has 0 aliphatic heterocycles. The van der Waals surface area contributed by atoms with Crippen LogP contribution in [0.4, 0.5) is 5.69 Å². The Kier molecular flexibility index (Phi) is 4.44. The highest BCUT2D eigenvalue weighted by Gasteiger charge is 2.19. The molecular formula is C16H16N2O5S2. The van der Waals surface area contributed by atoms with Crippen molar-refractivity contribution in [2.45, 2.75) is 4.90 Å². The van der Waals surface area contributed by atoms with E-state index < -0.39 is 10.0 Å². The summed E-state index contributed by atoms with van der Waals surface area (Å²) in [5.74, 6) is 0.863. The van der Waals surface area contributed by atoms with Gasteiger partial charge in [0, 0.05) is 13.1 Å². The molecule has 0 fully saturated rings. The molecule has 2 aromatic carbocycles. The molecular weight excluding hydrogens is 364 g/mol. The molecule has 0 atom stereocenters. The zero-order valence-corrected chi connectivity index (χ0v) is 15.4. The molecule has 0 radical (unpaired) electrons. The Morgan fingerprint density at radius 3 is 2.52 bits per heavy atom. The Hall–Kier alpha value is -2.52. The molecule has 3 rings (SSSR count). The van der Waals surface area contributed by atoms with Gasteiger partial charge in [0.2, 0.25) is 0 Å². The smallest absolute Gasteiger partial charge is 0.307 e. The molecule has 1 N–H and O–H groups in total. The number of anilines is 1. The number of rotatable bonds is 5. The lowest BCUT2D eigenvalue weighted by Gasteiger charge is -2.13. The van der Waals surface area contributed by atoms with Gasteiger partial charge in [-0.3, -0.25) is 9.52 Å². The predicted octanol–water partition coefficient (Wildman–Crippen LogP) is 2.42. The molecule has 3 aromatic rings. The van der Waals surface area contributed by atoms with Gasteiger partial charge in [0.15, 0.2) is 0 Å². The third-order valence-electron chi connectivity index (χ3n) is 3.72. The van der Waals surface area contributed by atoms with Crippen LogP contribution in [-0.4, -0.2) is 27.2 Å². The van der Waals surface area contributed by atoms with E-state index in [1.807, 2.05) is 0 Å². The highest BCUT2D eigenvalue weighted by molar-refractivity contribution is 7.92. The minimum absolute atomic E-state index is 0.0540. The molecule has 0 aliphatic carbocycles. The summed E-state index contributed by atoms with van der Waals surface area (Å²) >= 11 is 1.07. The number of aromatic nitrogens is 1. The number of methoxy groups -OCH3 is 2. The van der Waals surface area contributed by atoms with Crippen molar-refractivity contribution in [3.63, 3.8) is 0 Å². The van der Waals surface area contributed by atoms with Crippen LogP contribution < -0.4 is 19.1 Å². The van der Waals surface area contributed by atoms with Gasteiger partial charge in [0.25, 0.3) is 10.0 Å². The average Bonchev–Trinajstić information content (AvgIpc) is 2.88. The second kappa shape index (κ2) is 6.41. The van der Waals surface area contributed by atoms with Gasteiger partial charge in [-0.2, -0.15) is 0 Å². The molecule has 0 saturated carbocycles. The van der Waals surface area contributed by atoms with E-state index in [0.29, 0.717) is 17.0 Å². The number of thiazole rings is 1. The van der Waals surface area contributed by atoms with Crippen molar-refractivity contribution >= 4 is 37.3 Å². The Labute approximate surface area is 148 Å². The Morgan fingerprint density at radius 2 is 1.84 bits per heavy atom. The third-order valence-corrected chi connectivity index (χ3v) is 6.10. The van der Waals surface area contributed by atoms with E-state index in [9.17, 15) is 13.2 Å². The first-order chi connectivity index (χ1) is 11.9. The van der Waals surface area contributed by atoms with E-state index >= 15 is 0 Å². The van der Waals surface area contributed by atoms with Gasteiger partial charge in [0.05, 0.1) is 35.0 Å². The number of sulfonamides is 1. The number of hydrogen-bond donors (Lipinski definition) is 1. The fraction of sp³-hybridized carbons (Fsp3) is 0.188. The number of ether oxygens (including phenoxy) is 2. The SMILES string of the molecule is COc1ccc(OC)c(NS(=O)(=O)c2ccc3sc(=O)n(C)c3c2)c1. The van der Waals surface area contributed by atoms with Crippen molar-refractivity contribution in [2.75, 3.05) is 18.9 Å². The Morgan fingerprint density at radius 1 is 1.08 bits per heavy atom. The maximum atomic E-state index is 12.7. The van der Waals surface area contributed by atoms with Crippen LogP contribution >= 0.6 is 11.3 Å². The second-order valence-electron chi connectivity index (χ2n) is 5.23. The molecule has 0 unspecified atom stereocenters. The normalized spacial score (nSPS) is 11.5. The summed E-state index contributed by atoms with van der Waals surface area (Å²) in [4.78, 5) is 11.6. The highest BCUT2D eigenvalue weighted by Crippen LogP contribution is 2.31. The maximum Gasteiger partial charge on any atom is 0.307 e. The van der Waals surface area contributed by atoms with Crippen LogP contribution in [0.3, 0.4) is 0 Å². The minimum Gasteiger partial charge on any atom is -0.497 e. The van der Waals surface area contributed by atoms with Crippen molar-refractivity contribution in [1.29, 1.82) is 0 Å². The standard InChI is InChI=1S/C16H16N2O5S2/c1-18-13-9-11(5-7-15(13)24-16(18)19)25(20,21)17-12-8-10(22-2)4-6-14(12)23-3/h4-9,17H,1-3H3. The molecule has 0 spiro atoms. The monoisotopic (exact) mass is 380 g/mol. The van der Waals surface area contributed by atoms with Crippen LogP contribution in [-0.2, 0) is 17.1 Å². The largest absolute Gasteiger partial charge is 0.497 e. The summed E-state index contributed by atoms with van der Waals surface area (Å²) in [7, 11) is 0.683. The fourth-order valence-corrected chi connectivity index (χ4v) is 4.31. The van der Waals surface area contributed by atoms with E-state index in [0.717, 1.165) is 16.0 Å². The first kappa shape index (κ1) is 17.3. The number of hydrogen-bond acceptors (Lipinski definition) is 6. The van der Waals surface area contributed by atoms with Crippen LogP contribution in [0.25, 0.3) is 10.2 Å². The number of aryl methyl sites for hydroxylation is 1. The lowest BCUT2D eigenvalue weighted by Crippen LogP contribution is -2.14. The molecule has 0 amide bonds. The lowest BCUT2D eigenvalue weighted by molar-refractivity contribution is 0.405. The second-order valence-corrected chi connectivity index (χ2v) is 7.90. The van der Waals surface area contributed by atoms with Gasteiger partial charge in [-0.05, 0) is 30.3 Å². The maximum absolute atomic E-state index is 12.7. The van der Waals surface area contributed by atoms with Gasteiger partial charge < -0.3 is 14.0 Å². The van der Waals surface area contributed by atoms with Crippen LogP contribution in [0.5, 0.6) is 11.5 Å². The topological polar surface area (TPSA) is 86.6 Å². The van der Waals surface area contributed by atoms with E-state index in [1.54, 1.807) is 25.2 Å². The molecule has 7 nitrogen and oxygen atoms in total. The summed E-state index contributed by atoms with van der Waals surface area (Å²) in [5.41, 5.74) is 0.830. The Balaban J connectivity index is 2.05. The molecule has 0 saturated heterocycles. The average molecular weight is 380 g/mol. The third kappa shape index (κ3) is 3.20. The summed E-state index contributed by atoms with van der Waals surface area (Å²) in [6.07, 6.45) is 0. The lowest BCUT2D eigenvalue weighted by atomic mass is 10.3. The summed E-state index contributed by atoms with van der Waals surface area (Å²) < 4.78 is 40.4. The van der Waals surface area contributed by atoms with Crippen molar-refractivity contribution < 1.29 is 17.9 Å². The molecule has 1 heterocycles. The molecule has 0 bridgehead atoms. The van der Waals surface area contributed by atoms with Crippen molar-refractivity contribution in [3.8, 4) is 11.5 Å². The van der Waals surface area contributed by atoms with E-state index in [-0.39, 0.29) is 15.5 Å². The van der Waals surface area contributed by atoms with Crippen LogP contribution in [0.1, 0.15) is 0 Å². The van der Waals surface area contributed by atoms with Crippen molar-refractivity contribution in [1.82, 2.24) is 4.57 Å². The molecule has 132 valence electrons. The number of nitrogens with zero attached hydrogens (tertiary/aromatic N) is 1. The van der Waals surface area contributed by atoms with Gasteiger partial charge in [0.1, 0.15) is 11.5 Å². The van der Waals surface area contributed by atoms with Gasteiger partial charge >= 0.3 is 4.87 Å².